The largest absolute Gasteiger partial charge is 0.469 e. The molecule has 0 aromatic rings. The summed E-state index contributed by atoms with van der Waals surface area (Å²) < 4.78 is 14.9. The van der Waals surface area contributed by atoms with E-state index in [1.165, 1.54) is 0 Å². The molecule has 0 aromatic carbocycles. The van der Waals surface area contributed by atoms with Crippen LogP contribution in [0.25, 0.3) is 0 Å². The maximum Gasteiger partial charge on any atom is 0.469 e. The van der Waals surface area contributed by atoms with E-state index >= 15 is 0 Å². The van der Waals surface area contributed by atoms with E-state index in [0.29, 0.717) is 12.8 Å². The van der Waals surface area contributed by atoms with Crippen LogP contribution in [-0.4, -0.2) is 21.3 Å². The van der Waals surface area contributed by atoms with Gasteiger partial charge in [0.15, 0.2) is 0 Å². The highest BCUT2D eigenvalue weighted by atomic mass is 35.5. The van der Waals surface area contributed by atoms with Crippen LogP contribution in [0.5, 0.6) is 0 Å². The number of phosphoric ester groups is 1. The fourth-order valence-corrected chi connectivity index (χ4v) is 1.79. The highest BCUT2D eigenvalue weighted by Gasteiger charge is 2.25. The Bertz CT molecular complexity index is 169. The van der Waals surface area contributed by atoms with Crippen LogP contribution in [-0.2, 0) is 9.09 Å². The molecule has 2 atom stereocenters. The third-order valence-electron chi connectivity index (χ3n) is 1.47. The van der Waals surface area contributed by atoms with Gasteiger partial charge in [-0.1, -0.05) is 13.8 Å². The molecular formula is C6H14ClO4P. The number of rotatable bonds is 5. The molecule has 0 saturated carbocycles. The Kier molecular flexibility index (Phi) is 5.37. The molecule has 0 fully saturated rings. The van der Waals surface area contributed by atoms with Crippen LogP contribution in [0.3, 0.4) is 0 Å². The predicted octanol–water partition coefficient (Wildman–Crippen LogP) is 1.89. The third kappa shape index (κ3) is 5.12. The van der Waals surface area contributed by atoms with Crippen LogP contribution in [0.1, 0.15) is 26.7 Å². The van der Waals surface area contributed by atoms with Gasteiger partial charge >= 0.3 is 7.82 Å². The van der Waals surface area contributed by atoms with E-state index in [1.54, 1.807) is 6.92 Å². The van der Waals surface area contributed by atoms with Gasteiger partial charge in [0.25, 0.3) is 0 Å². The van der Waals surface area contributed by atoms with Gasteiger partial charge in [0, 0.05) is 0 Å². The van der Waals surface area contributed by atoms with Crippen LogP contribution in [0.4, 0.5) is 0 Å². The molecule has 0 bridgehead atoms. The van der Waals surface area contributed by atoms with Crippen molar-refractivity contribution in [3.8, 4) is 0 Å². The average Bonchev–Trinajstić information content (AvgIpc) is 1.97. The van der Waals surface area contributed by atoms with E-state index in [1.807, 2.05) is 6.92 Å². The van der Waals surface area contributed by atoms with Gasteiger partial charge in [0.05, 0.1) is 11.5 Å². The lowest BCUT2D eigenvalue weighted by Gasteiger charge is -2.20. The van der Waals surface area contributed by atoms with Crippen molar-refractivity contribution in [3.63, 3.8) is 0 Å². The van der Waals surface area contributed by atoms with Crippen molar-refractivity contribution in [3.05, 3.63) is 0 Å². The van der Waals surface area contributed by atoms with Crippen LogP contribution in [0.15, 0.2) is 0 Å². The fourth-order valence-electron chi connectivity index (χ4n) is 0.836. The van der Waals surface area contributed by atoms with Gasteiger partial charge < -0.3 is 9.79 Å². The Morgan fingerprint density at radius 1 is 1.42 bits per heavy atom. The zero-order chi connectivity index (χ0) is 9.78. The topological polar surface area (TPSA) is 66.8 Å². The molecule has 0 aliphatic rings. The number of hydrogen-bond donors (Lipinski definition) is 2. The fraction of sp³-hybridized carbons (Fsp3) is 1.00. The molecule has 2 unspecified atom stereocenters. The van der Waals surface area contributed by atoms with Crippen LogP contribution in [0, 0.1) is 0 Å². The second-order valence-electron chi connectivity index (χ2n) is 2.47. The van der Waals surface area contributed by atoms with Gasteiger partial charge in [0.2, 0.25) is 0 Å². The van der Waals surface area contributed by atoms with Crippen molar-refractivity contribution in [1.29, 1.82) is 0 Å². The summed E-state index contributed by atoms with van der Waals surface area (Å²) in [6.07, 6.45) is 0.546. The monoisotopic (exact) mass is 216 g/mol. The van der Waals surface area contributed by atoms with E-state index in [9.17, 15) is 4.57 Å². The summed E-state index contributed by atoms with van der Waals surface area (Å²) >= 11 is 5.77. The molecule has 0 saturated heterocycles. The van der Waals surface area contributed by atoms with Crippen LogP contribution in [0.2, 0.25) is 0 Å². The maximum atomic E-state index is 10.4. The maximum absolute atomic E-state index is 10.4. The summed E-state index contributed by atoms with van der Waals surface area (Å²) in [5.74, 6) is 0. The Labute approximate surface area is 77.1 Å². The van der Waals surface area contributed by atoms with Crippen molar-refractivity contribution in [2.45, 2.75) is 38.2 Å². The first-order valence-corrected chi connectivity index (χ1v) is 5.75. The molecule has 0 aliphatic carbocycles. The van der Waals surface area contributed by atoms with E-state index in [0.717, 1.165) is 0 Å². The Morgan fingerprint density at radius 3 is 2.17 bits per heavy atom. The molecule has 0 aliphatic heterocycles. The average molecular weight is 217 g/mol. The van der Waals surface area contributed by atoms with E-state index < -0.39 is 13.9 Å². The molecule has 0 radical (unpaired) electrons. The summed E-state index contributed by atoms with van der Waals surface area (Å²) in [7, 11) is -4.39. The van der Waals surface area contributed by atoms with Gasteiger partial charge in [0.1, 0.15) is 0 Å². The smallest absolute Gasteiger partial charge is 0.303 e. The number of phosphoric acid groups is 1. The summed E-state index contributed by atoms with van der Waals surface area (Å²) in [4.78, 5) is 17.0. The van der Waals surface area contributed by atoms with Crippen molar-refractivity contribution in [1.82, 2.24) is 0 Å². The van der Waals surface area contributed by atoms with Crippen molar-refractivity contribution < 1.29 is 18.9 Å². The second-order valence-corrected chi connectivity index (χ2v) is 4.22. The van der Waals surface area contributed by atoms with Crippen LogP contribution >= 0.6 is 19.4 Å². The highest BCUT2D eigenvalue weighted by Crippen LogP contribution is 2.39. The number of halogens is 1. The quantitative estimate of drug-likeness (QED) is 0.544. The van der Waals surface area contributed by atoms with E-state index in [2.05, 4.69) is 4.52 Å². The molecule has 12 heavy (non-hydrogen) atoms. The minimum atomic E-state index is -4.39. The van der Waals surface area contributed by atoms with Gasteiger partial charge in [-0.25, -0.2) is 4.57 Å². The lowest BCUT2D eigenvalue weighted by molar-refractivity contribution is 0.125. The Balaban J connectivity index is 4.09. The Morgan fingerprint density at radius 2 is 1.92 bits per heavy atom. The van der Waals surface area contributed by atoms with E-state index in [4.69, 9.17) is 21.4 Å². The van der Waals surface area contributed by atoms with Gasteiger partial charge in [-0.15, -0.1) is 11.6 Å². The molecular weight excluding hydrogens is 202 g/mol. The molecule has 0 spiro atoms. The predicted molar refractivity (Wildman–Crippen MR) is 47.1 cm³/mol. The SMILES string of the molecule is CCC(Cl)C(CC)OP(=O)(O)O. The summed E-state index contributed by atoms with van der Waals surface area (Å²) in [5, 5.41) is -0.345. The first-order valence-electron chi connectivity index (χ1n) is 3.78. The third-order valence-corrected chi connectivity index (χ3v) is 2.60. The number of hydrogen-bond acceptors (Lipinski definition) is 2. The first kappa shape index (κ1) is 12.4. The minimum Gasteiger partial charge on any atom is -0.303 e. The van der Waals surface area contributed by atoms with Crippen molar-refractivity contribution in [2.24, 2.45) is 0 Å². The van der Waals surface area contributed by atoms with Crippen molar-refractivity contribution in [2.75, 3.05) is 0 Å². The van der Waals surface area contributed by atoms with Gasteiger partial charge in [-0.3, -0.25) is 4.52 Å². The lowest BCUT2D eigenvalue weighted by Crippen LogP contribution is -2.22. The minimum absolute atomic E-state index is 0.345. The van der Waals surface area contributed by atoms with Gasteiger partial charge in [-0.05, 0) is 12.8 Å². The molecule has 4 nitrogen and oxygen atoms in total. The summed E-state index contributed by atoms with van der Waals surface area (Å²) in [5.41, 5.74) is 0. The Hall–Kier alpha value is 0.400. The molecule has 0 rings (SSSR count). The summed E-state index contributed by atoms with van der Waals surface area (Å²) in [6.45, 7) is 3.61. The molecule has 6 heteroatoms. The highest BCUT2D eigenvalue weighted by molar-refractivity contribution is 7.46. The first-order chi connectivity index (χ1) is 5.40. The number of alkyl halides is 1. The van der Waals surface area contributed by atoms with E-state index in [-0.39, 0.29) is 5.38 Å². The molecule has 74 valence electrons. The standard InChI is InChI=1S/C6H14ClO4P/c1-3-5(7)6(4-2)11-12(8,9)10/h5-6H,3-4H2,1-2H3,(H2,8,9,10). The zero-order valence-electron chi connectivity index (χ0n) is 7.11. The normalized spacial score (nSPS) is 17.4. The second kappa shape index (κ2) is 5.20. The zero-order valence-corrected chi connectivity index (χ0v) is 8.76. The van der Waals surface area contributed by atoms with Crippen LogP contribution < -0.4 is 0 Å². The molecule has 2 N–H and O–H groups in total. The van der Waals surface area contributed by atoms with Crippen molar-refractivity contribution >= 4 is 19.4 Å². The lowest BCUT2D eigenvalue weighted by atomic mass is 10.1. The molecule has 0 aromatic heterocycles. The van der Waals surface area contributed by atoms with Gasteiger partial charge in [-0.2, -0.15) is 0 Å². The molecule has 0 heterocycles. The summed E-state index contributed by atoms with van der Waals surface area (Å²) in [6, 6.07) is 0. The molecule has 0 amide bonds.